The van der Waals surface area contributed by atoms with Crippen LogP contribution in [-0.4, -0.2) is 29.9 Å². The molecule has 1 aliphatic heterocycles. The summed E-state index contributed by atoms with van der Waals surface area (Å²) in [5.41, 5.74) is 4.09. The highest BCUT2D eigenvalue weighted by atomic mass is 16.5. The summed E-state index contributed by atoms with van der Waals surface area (Å²) in [6.07, 6.45) is 1.76. The number of carbonyl (C=O) groups is 2. The van der Waals surface area contributed by atoms with Gasteiger partial charge in [-0.3, -0.25) is 4.79 Å². The lowest BCUT2D eigenvalue weighted by molar-refractivity contribution is -0.135. The van der Waals surface area contributed by atoms with Crippen LogP contribution in [0.3, 0.4) is 0 Å². The third-order valence-electron chi connectivity index (χ3n) is 4.41. The molecule has 1 aliphatic rings. The Balaban J connectivity index is 1.55. The second kappa shape index (κ2) is 7.30. The molecule has 0 saturated heterocycles. The van der Waals surface area contributed by atoms with E-state index >= 15 is 0 Å². The highest BCUT2D eigenvalue weighted by molar-refractivity contribution is 5.91. The van der Waals surface area contributed by atoms with Crippen molar-refractivity contribution in [3.8, 4) is 0 Å². The largest absolute Gasteiger partial charge is 0.452 e. The quantitative estimate of drug-likeness (QED) is 0.813. The molecule has 3 rings (SSSR count). The zero-order chi connectivity index (χ0) is 16.9. The molecule has 0 fully saturated rings. The smallest absolute Gasteiger partial charge is 0.338 e. The summed E-state index contributed by atoms with van der Waals surface area (Å²) in [4.78, 5) is 26.1. The van der Waals surface area contributed by atoms with Gasteiger partial charge in [0.15, 0.2) is 6.61 Å². The van der Waals surface area contributed by atoms with Crippen molar-refractivity contribution in [2.24, 2.45) is 0 Å². The molecule has 0 spiro atoms. The summed E-state index contributed by atoms with van der Waals surface area (Å²) in [6.45, 7) is 3.09. The topological polar surface area (TPSA) is 46.6 Å². The van der Waals surface area contributed by atoms with E-state index in [0.29, 0.717) is 18.7 Å². The van der Waals surface area contributed by atoms with E-state index in [-0.39, 0.29) is 12.5 Å². The predicted octanol–water partition coefficient (Wildman–Crippen LogP) is 2.99. The number of amides is 1. The van der Waals surface area contributed by atoms with Crippen LogP contribution in [0.2, 0.25) is 0 Å². The fourth-order valence-corrected chi connectivity index (χ4v) is 2.89. The number of carbonyl (C=O) groups excluding carboxylic acids is 2. The molecular weight excluding hydrogens is 302 g/mol. The van der Waals surface area contributed by atoms with Crippen molar-refractivity contribution >= 4 is 11.9 Å². The van der Waals surface area contributed by atoms with Crippen LogP contribution in [0.5, 0.6) is 0 Å². The molecule has 0 bridgehead atoms. The zero-order valence-corrected chi connectivity index (χ0v) is 13.8. The van der Waals surface area contributed by atoms with Crippen molar-refractivity contribution in [2.45, 2.75) is 26.3 Å². The minimum absolute atomic E-state index is 0.150. The van der Waals surface area contributed by atoms with Gasteiger partial charge in [-0.2, -0.15) is 0 Å². The normalized spacial score (nSPS) is 13.3. The Labute approximate surface area is 142 Å². The summed E-state index contributed by atoms with van der Waals surface area (Å²) in [5.74, 6) is -0.605. The molecule has 0 atom stereocenters. The number of aryl methyl sites for hydroxylation is 1. The number of hydrogen-bond donors (Lipinski definition) is 0. The van der Waals surface area contributed by atoms with E-state index in [4.69, 9.17) is 4.74 Å². The molecule has 0 aliphatic carbocycles. The van der Waals surface area contributed by atoms with Gasteiger partial charge >= 0.3 is 5.97 Å². The number of esters is 1. The molecule has 2 aromatic rings. The second-order valence-corrected chi connectivity index (χ2v) is 5.96. The molecule has 124 valence electrons. The number of hydrogen-bond acceptors (Lipinski definition) is 3. The summed E-state index contributed by atoms with van der Waals surface area (Å²) >= 11 is 0. The Morgan fingerprint density at radius 1 is 1.04 bits per heavy atom. The van der Waals surface area contributed by atoms with Gasteiger partial charge in [0.1, 0.15) is 0 Å². The molecule has 24 heavy (non-hydrogen) atoms. The highest BCUT2D eigenvalue weighted by Gasteiger charge is 2.21. The first-order chi connectivity index (χ1) is 11.7. The number of fused-ring (bicyclic) bond motifs is 1. The Morgan fingerprint density at radius 3 is 2.46 bits per heavy atom. The van der Waals surface area contributed by atoms with E-state index < -0.39 is 5.97 Å². The summed E-state index contributed by atoms with van der Waals surface area (Å²) in [6, 6.07) is 15.4. The Bertz CT molecular complexity index is 737. The summed E-state index contributed by atoms with van der Waals surface area (Å²) in [5, 5.41) is 0. The lowest BCUT2D eigenvalue weighted by Crippen LogP contribution is -2.38. The standard InChI is InChI=1S/C20H21NO3/c1-2-15-7-9-17(10-8-15)20(23)24-14-19(22)21-12-11-16-5-3-4-6-18(16)13-21/h3-10H,2,11-14H2,1H3. The Kier molecular flexibility index (Phi) is 4.94. The summed E-state index contributed by atoms with van der Waals surface area (Å²) < 4.78 is 5.17. The van der Waals surface area contributed by atoms with E-state index in [1.807, 2.05) is 30.3 Å². The van der Waals surface area contributed by atoms with Crippen molar-refractivity contribution in [1.82, 2.24) is 4.90 Å². The molecule has 4 nitrogen and oxygen atoms in total. The fraction of sp³-hybridized carbons (Fsp3) is 0.300. The van der Waals surface area contributed by atoms with Crippen LogP contribution in [0, 0.1) is 0 Å². The van der Waals surface area contributed by atoms with Gasteiger partial charge in [0.05, 0.1) is 5.56 Å². The van der Waals surface area contributed by atoms with Crippen molar-refractivity contribution in [3.63, 3.8) is 0 Å². The van der Waals surface area contributed by atoms with Gasteiger partial charge in [-0.05, 0) is 41.7 Å². The van der Waals surface area contributed by atoms with E-state index in [2.05, 4.69) is 13.0 Å². The average Bonchev–Trinajstić information content (AvgIpc) is 2.65. The van der Waals surface area contributed by atoms with Gasteiger partial charge in [-0.1, -0.05) is 43.3 Å². The molecule has 1 heterocycles. The van der Waals surface area contributed by atoms with Gasteiger partial charge in [-0.15, -0.1) is 0 Å². The maximum Gasteiger partial charge on any atom is 0.338 e. The molecular formula is C20H21NO3. The maximum absolute atomic E-state index is 12.3. The van der Waals surface area contributed by atoms with Crippen LogP contribution in [0.4, 0.5) is 0 Å². The highest BCUT2D eigenvalue weighted by Crippen LogP contribution is 2.18. The van der Waals surface area contributed by atoms with Crippen LogP contribution >= 0.6 is 0 Å². The van der Waals surface area contributed by atoms with Crippen molar-refractivity contribution < 1.29 is 14.3 Å². The molecule has 0 saturated carbocycles. The minimum atomic E-state index is -0.455. The monoisotopic (exact) mass is 323 g/mol. The van der Waals surface area contributed by atoms with E-state index in [1.54, 1.807) is 17.0 Å². The van der Waals surface area contributed by atoms with Crippen molar-refractivity contribution in [3.05, 3.63) is 70.8 Å². The van der Waals surface area contributed by atoms with Crippen LogP contribution in [-0.2, 0) is 28.9 Å². The maximum atomic E-state index is 12.3. The lowest BCUT2D eigenvalue weighted by atomic mass is 10.00. The van der Waals surface area contributed by atoms with E-state index in [1.165, 1.54) is 11.1 Å². The van der Waals surface area contributed by atoms with Gasteiger partial charge < -0.3 is 9.64 Å². The van der Waals surface area contributed by atoms with Crippen molar-refractivity contribution in [1.29, 1.82) is 0 Å². The minimum Gasteiger partial charge on any atom is -0.452 e. The molecule has 1 amide bonds. The lowest BCUT2D eigenvalue weighted by Gasteiger charge is -2.28. The van der Waals surface area contributed by atoms with Crippen LogP contribution in [0.15, 0.2) is 48.5 Å². The average molecular weight is 323 g/mol. The first-order valence-corrected chi connectivity index (χ1v) is 8.28. The van der Waals surface area contributed by atoms with Crippen molar-refractivity contribution in [2.75, 3.05) is 13.2 Å². The van der Waals surface area contributed by atoms with Crippen LogP contribution in [0.25, 0.3) is 0 Å². The molecule has 0 N–H and O–H groups in total. The third kappa shape index (κ3) is 3.65. The van der Waals surface area contributed by atoms with Crippen LogP contribution < -0.4 is 0 Å². The number of nitrogens with zero attached hydrogens (tertiary/aromatic N) is 1. The molecule has 0 radical (unpaired) electrons. The number of rotatable bonds is 4. The Hall–Kier alpha value is -2.62. The van der Waals surface area contributed by atoms with Gasteiger partial charge in [0.2, 0.25) is 0 Å². The SMILES string of the molecule is CCc1ccc(C(=O)OCC(=O)N2CCc3ccccc3C2)cc1. The molecule has 2 aromatic carbocycles. The van der Waals surface area contributed by atoms with E-state index in [0.717, 1.165) is 18.4 Å². The second-order valence-electron chi connectivity index (χ2n) is 5.96. The van der Waals surface area contributed by atoms with Gasteiger partial charge in [0.25, 0.3) is 5.91 Å². The fourth-order valence-electron chi connectivity index (χ4n) is 2.89. The number of benzene rings is 2. The molecule has 4 heteroatoms. The molecule has 0 unspecified atom stereocenters. The third-order valence-corrected chi connectivity index (χ3v) is 4.41. The van der Waals surface area contributed by atoms with Gasteiger partial charge in [0, 0.05) is 13.1 Å². The number of ether oxygens (including phenoxy) is 1. The zero-order valence-electron chi connectivity index (χ0n) is 13.8. The van der Waals surface area contributed by atoms with E-state index in [9.17, 15) is 9.59 Å². The summed E-state index contributed by atoms with van der Waals surface area (Å²) in [7, 11) is 0. The Morgan fingerprint density at radius 2 is 1.75 bits per heavy atom. The van der Waals surface area contributed by atoms with Gasteiger partial charge in [-0.25, -0.2) is 4.79 Å². The predicted molar refractivity (Wildman–Crippen MR) is 91.7 cm³/mol. The van der Waals surface area contributed by atoms with Crippen LogP contribution in [0.1, 0.15) is 34.0 Å². The first-order valence-electron chi connectivity index (χ1n) is 8.28. The first kappa shape index (κ1) is 16.2. The molecule has 0 aromatic heterocycles.